The summed E-state index contributed by atoms with van der Waals surface area (Å²) in [5, 5.41) is 30.2. The molecule has 0 spiro atoms. The first-order chi connectivity index (χ1) is 25.5. The number of ether oxygens (including phenoxy) is 1. The third kappa shape index (κ3) is 10.1. The molecule has 0 aromatic heterocycles. The number of fused-ring (bicyclic) bond motifs is 2. The highest BCUT2D eigenvalue weighted by Gasteiger charge is 2.58. The maximum absolute atomic E-state index is 14.4. The number of methoxy groups -OCH3 is 1. The molecule has 1 heterocycles. The number of hydroxylamine groups is 2. The van der Waals surface area contributed by atoms with E-state index in [0.29, 0.717) is 41.5 Å². The molecule has 6 fully saturated rings. The minimum absolute atomic E-state index is 0.0450. The summed E-state index contributed by atoms with van der Waals surface area (Å²) in [4.78, 5) is 37.2. The van der Waals surface area contributed by atoms with E-state index in [-0.39, 0.29) is 65.2 Å². The molecule has 6 rings (SSSR count). The van der Waals surface area contributed by atoms with Crippen molar-refractivity contribution in [3.63, 3.8) is 0 Å². The van der Waals surface area contributed by atoms with Gasteiger partial charge >= 0.3 is 0 Å². The Morgan fingerprint density at radius 1 is 1.02 bits per heavy atom. The number of likely N-dealkylation sites (N-methyl/N-ethyl adjacent to an activating group) is 1. The number of aliphatic hydroxyl groups is 2. The average Bonchev–Trinajstić information content (AvgIpc) is 3.45. The van der Waals surface area contributed by atoms with Gasteiger partial charge in [-0.15, -0.1) is 0 Å². The zero-order chi connectivity index (χ0) is 40.8. The van der Waals surface area contributed by atoms with Crippen LogP contribution in [-0.2, 0) is 19.2 Å². The summed E-state index contributed by atoms with van der Waals surface area (Å²) < 4.78 is 6.47. The molecular formula is C45H82N4O6. The van der Waals surface area contributed by atoms with Gasteiger partial charge in [-0.2, -0.15) is 5.06 Å². The van der Waals surface area contributed by atoms with E-state index in [0.717, 1.165) is 57.9 Å². The minimum atomic E-state index is -0.827. The van der Waals surface area contributed by atoms with Crippen LogP contribution < -0.4 is 10.6 Å². The van der Waals surface area contributed by atoms with Crippen LogP contribution in [0.1, 0.15) is 127 Å². The van der Waals surface area contributed by atoms with Crippen LogP contribution in [0.25, 0.3) is 0 Å². The van der Waals surface area contributed by atoms with Crippen LogP contribution >= 0.6 is 0 Å². The number of carbonyl (C=O) groups excluding carboxylic acids is 2. The average molecular weight is 775 g/mol. The number of carbonyl (C=O) groups is 2. The summed E-state index contributed by atoms with van der Waals surface area (Å²) in [6.45, 7) is 23.5. The van der Waals surface area contributed by atoms with Gasteiger partial charge in [0.05, 0.1) is 18.8 Å². The quantitative estimate of drug-likeness (QED) is 0.176. The smallest absolute Gasteiger partial charge is 0.240 e. The van der Waals surface area contributed by atoms with Crippen LogP contribution in [-0.4, -0.2) is 109 Å². The molecule has 2 amide bonds. The lowest BCUT2D eigenvalue weighted by Gasteiger charge is -2.62. The maximum Gasteiger partial charge on any atom is 0.240 e. The Bertz CT molecular complexity index is 1290. The monoisotopic (exact) mass is 775 g/mol. The molecule has 2 bridgehead atoms. The largest absolute Gasteiger partial charge is 0.394 e. The molecule has 6 aliphatic rings. The van der Waals surface area contributed by atoms with Crippen molar-refractivity contribution in [1.82, 2.24) is 20.6 Å². The highest BCUT2D eigenvalue weighted by Crippen LogP contribution is 2.61. The highest BCUT2D eigenvalue weighted by molar-refractivity contribution is 5.83. The lowest BCUT2D eigenvalue weighted by molar-refractivity contribution is -0.193. The minimum Gasteiger partial charge on any atom is -0.394 e. The Balaban J connectivity index is 1.33. The van der Waals surface area contributed by atoms with Crippen molar-refractivity contribution in [3.8, 4) is 0 Å². The summed E-state index contributed by atoms with van der Waals surface area (Å²) in [7, 11) is 5.98. The van der Waals surface area contributed by atoms with Crippen LogP contribution in [0.4, 0.5) is 0 Å². The zero-order valence-corrected chi connectivity index (χ0v) is 37.1. The molecule has 1 saturated heterocycles. The number of hydrogen-bond acceptors (Lipinski definition) is 8. The van der Waals surface area contributed by atoms with Crippen molar-refractivity contribution in [3.05, 3.63) is 0 Å². The second-order valence-electron chi connectivity index (χ2n) is 22.3. The van der Waals surface area contributed by atoms with E-state index in [2.05, 4.69) is 91.9 Å². The van der Waals surface area contributed by atoms with Gasteiger partial charge in [0.15, 0.2) is 0 Å². The molecule has 0 aromatic carbocycles. The molecule has 1 aliphatic heterocycles. The molecule has 5 saturated carbocycles. The van der Waals surface area contributed by atoms with Crippen molar-refractivity contribution in [2.45, 2.75) is 163 Å². The molecule has 0 radical (unpaired) electrons. The number of aliphatic hydroxyl groups excluding tert-OH is 2. The molecule has 10 heteroatoms. The third-order valence-corrected chi connectivity index (χ3v) is 15.5. The number of hydrogen-bond donors (Lipinski definition) is 4. The standard InChI is InChI=1S/C45H82N4O6/c1-26-35-20-32(45(35,9)10)21-36(26)47-42(53)39-38(27(2)51)37(25-50)55-49(39)23-28-15-14-16-34(40(28)54-13)29-17-30(19-31(18-29)44(6,7)8)41(52)46-33(24-48(11)12)22-43(3,4)5/h26-40,50-51H,14-25H2,1-13H3,(H,46,52)(H,47,53)/t26-,27-,28?,29?,30?,31?,32+,33-,34?,35-,36-,37-,38-,39-,40?/m0/s1. The SMILES string of the molecule is COC1C(CN2O[C@@H](CO)[C@H]([C@H](C)O)[C@H]2C(=O)N[C@H]2C[C@H]3C[C@@H]([C@@H]2C)C3(C)C)CCCC1C1CC(C(=O)N[C@H](CN(C)C)CC(C)(C)C)CC(C(C)(C)C)C1. The lowest BCUT2D eigenvalue weighted by Crippen LogP contribution is -2.62. The van der Waals surface area contributed by atoms with E-state index in [1.165, 1.54) is 6.42 Å². The molecule has 55 heavy (non-hydrogen) atoms. The van der Waals surface area contributed by atoms with Crippen LogP contribution in [0.3, 0.4) is 0 Å². The second kappa shape index (κ2) is 17.5. The summed E-state index contributed by atoms with van der Waals surface area (Å²) in [5.41, 5.74) is 0.500. The van der Waals surface area contributed by atoms with Gasteiger partial charge in [-0.25, -0.2) is 0 Å². The number of rotatable bonds is 13. The van der Waals surface area contributed by atoms with Crippen molar-refractivity contribution < 1.29 is 29.4 Å². The van der Waals surface area contributed by atoms with Crippen LogP contribution in [0.5, 0.6) is 0 Å². The first-order valence-corrected chi connectivity index (χ1v) is 22.1. The number of nitrogens with one attached hydrogen (secondary N) is 2. The summed E-state index contributed by atoms with van der Waals surface area (Å²) >= 11 is 0. The molecule has 0 aromatic rings. The van der Waals surface area contributed by atoms with Crippen molar-refractivity contribution in [2.75, 3.05) is 40.9 Å². The summed E-state index contributed by atoms with van der Waals surface area (Å²) in [6.07, 6.45) is 7.49. The van der Waals surface area contributed by atoms with E-state index in [4.69, 9.17) is 9.57 Å². The molecule has 5 aliphatic carbocycles. The fourth-order valence-corrected chi connectivity index (χ4v) is 12.4. The maximum atomic E-state index is 14.4. The lowest BCUT2D eigenvalue weighted by atomic mass is 9.45. The highest BCUT2D eigenvalue weighted by atomic mass is 16.7. The van der Waals surface area contributed by atoms with Crippen molar-refractivity contribution >= 4 is 11.8 Å². The third-order valence-electron chi connectivity index (χ3n) is 15.5. The van der Waals surface area contributed by atoms with E-state index < -0.39 is 24.2 Å². The fourth-order valence-electron chi connectivity index (χ4n) is 12.4. The zero-order valence-electron chi connectivity index (χ0n) is 37.1. The van der Waals surface area contributed by atoms with Gasteiger partial charge in [0, 0.05) is 50.0 Å². The van der Waals surface area contributed by atoms with E-state index >= 15 is 0 Å². The predicted octanol–water partition coefficient (Wildman–Crippen LogP) is 6.14. The van der Waals surface area contributed by atoms with Gasteiger partial charge in [-0.3, -0.25) is 14.4 Å². The van der Waals surface area contributed by atoms with Gasteiger partial charge in [0.25, 0.3) is 0 Å². The number of amides is 2. The Labute approximate surface area is 334 Å². The van der Waals surface area contributed by atoms with Crippen LogP contribution in [0.15, 0.2) is 0 Å². The Morgan fingerprint density at radius 3 is 2.25 bits per heavy atom. The van der Waals surface area contributed by atoms with Crippen molar-refractivity contribution in [2.24, 2.45) is 69.5 Å². The van der Waals surface area contributed by atoms with Gasteiger partial charge in [-0.05, 0) is 124 Å². The Morgan fingerprint density at radius 2 is 1.71 bits per heavy atom. The Kier molecular flexibility index (Phi) is 14.3. The normalized spacial score (nSPS) is 39.3. The fraction of sp³-hybridized carbons (Fsp3) is 0.956. The summed E-state index contributed by atoms with van der Waals surface area (Å²) in [6, 6.07) is -0.511. The number of nitrogens with zero attached hydrogens (tertiary/aromatic N) is 2. The van der Waals surface area contributed by atoms with E-state index in [1.54, 1.807) is 12.0 Å². The molecule has 6 unspecified atom stereocenters. The van der Waals surface area contributed by atoms with E-state index in [1.807, 2.05) is 7.11 Å². The Hall–Kier alpha value is -1.30. The van der Waals surface area contributed by atoms with E-state index in [9.17, 15) is 19.8 Å². The topological polar surface area (TPSA) is 124 Å². The van der Waals surface area contributed by atoms with Gasteiger partial charge in [-0.1, -0.05) is 68.7 Å². The van der Waals surface area contributed by atoms with Crippen LogP contribution in [0, 0.1) is 69.5 Å². The first kappa shape index (κ1) is 44.8. The molecule has 10 nitrogen and oxygen atoms in total. The van der Waals surface area contributed by atoms with Gasteiger partial charge in [0.1, 0.15) is 12.1 Å². The molecular weight excluding hydrogens is 693 g/mol. The first-order valence-electron chi connectivity index (χ1n) is 22.1. The van der Waals surface area contributed by atoms with Crippen LogP contribution in [0.2, 0.25) is 0 Å². The van der Waals surface area contributed by atoms with Gasteiger partial charge < -0.3 is 30.5 Å². The van der Waals surface area contributed by atoms with Crippen molar-refractivity contribution in [1.29, 1.82) is 0 Å². The molecule has 4 N–H and O–H groups in total. The molecule has 15 atom stereocenters. The van der Waals surface area contributed by atoms with Gasteiger partial charge in [0.2, 0.25) is 11.8 Å². The summed E-state index contributed by atoms with van der Waals surface area (Å²) in [5.74, 6) is 2.23. The second-order valence-corrected chi connectivity index (χ2v) is 22.3. The molecule has 318 valence electrons. The predicted molar refractivity (Wildman–Crippen MR) is 219 cm³/mol.